The molecule has 0 bridgehead atoms. The van der Waals surface area contributed by atoms with Gasteiger partial charge in [0.2, 0.25) is 0 Å². The van der Waals surface area contributed by atoms with Gasteiger partial charge in [-0.3, -0.25) is 0 Å². The first-order chi connectivity index (χ1) is 12.1. The van der Waals surface area contributed by atoms with Gasteiger partial charge in [-0.25, -0.2) is 4.98 Å². The normalized spacial score (nSPS) is 11.2. The highest BCUT2D eigenvalue weighted by atomic mass is 16.5. The van der Waals surface area contributed by atoms with Gasteiger partial charge in [-0.2, -0.15) is 0 Å². The Morgan fingerprint density at radius 1 is 0.920 bits per heavy atom. The summed E-state index contributed by atoms with van der Waals surface area (Å²) in [4.78, 5) is 4.81. The molecule has 1 aromatic heterocycles. The molecule has 0 saturated heterocycles. The second-order valence-corrected chi connectivity index (χ2v) is 6.70. The lowest BCUT2D eigenvalue weighted by Crippen LogP contribution is -2.10. The number of ether oxygens (including phenoxy) is 1. The number of imidazole rings is 1. The van der Waals surface area contributed by atoms with E-state index in [1.165, 1.54) is 22.5 Å². The van der Waals surface area contributed by atoms with Gasteiger partial charge in [0.1, 0.15) is 12.6 Å². The van der Waals surface area contributed by atoms with Gasteiger partial charge >= 0.3 is 0 Å². The van der Waals surface area contributed by atoms with Crippen LogP contribution in [0.1, 0.15) is 48.1 Å². The maximum absolute atomic E-state index is 5.98. The van der Waals surface area contributed by atoms with Crippen LogP contribution in [-0.2, 0) is 24.5 Å². The molecule has 0 aliphatic heterocycles. The number of benzene rings is 2. The summed E-state index contributed by atoms with van der Waals surface area (Å²) < 4.78 is 8.19. The second kappa shape index (κ2) is 8.13. The average Bonchev–Trinajstić information content (AvgIpc) is 2.93. The maximum atomic E-state index is 5.98. The molecule has 0 amide bonds. The van der Waals surface area contributed by atoms with E-state index in [0.29, 0.717) is 19.3 Å². The van der Waals surface area contributed by atoms with Gasteiger partial charge in [-0.15, -0.1) is 0 Å². The van der Waals surface area contributed by atoms with Crippen LogP contribution in [0.2, 0.25) is 0 Å². The molecule has 130 valence electrons. The van der Waals surface area contributed by atoms with Gasteiger partial charge in [0.15, 0.2) is 0 Å². The number of aromatic nitrogens is 2. The number of hydrogen-bond donors (Lipinski definition) is 0. The summed E-state index contributed by atoms with van der Waals surface area (Å²) in [7, 11) is 0. The highest BCUT2D eigenvalue weighted by Crippen LogP contribution is 2.23. The van der Waals surface area contributed by atoms with E-state index in [1.807, 2.05) is 18.2 Å². The summed E-state index contributed by atoms with van der Waals surface area (Å²) in [6.45, 7) is 7.60. The van der Waals surface area contributed by atoms with Crippen LogP contribution in [0.5, 0.6) is 0 Å². The van der Waals surface area contributed by atoms with E-state index in [4.69, 9.17) is 9.72 Å². The fourth-order valence-corrected chi connectivity index (χ4v) is 3.07. The third-order valence-corrected chi connectivity index (χ3v) is 4.39. The van der Waals surface area contributed by atoms with Crippen molar-refractivity contribution in [1.29, 1.82) is 0 Å². The van der Waals surface area contributed by atoms with Gasteiger partial charge in [0.25, 0.3) is 0 Å². The highest BCUT2D eigenvalue weighted by Gasteiger charge is 2.17. The van der Waals surface area contributed by atoms with Crippen molar-refractivity contribution >= 4 is 0 Å². The third kappa shape index (κ3) is 4.37. The van der Waals surface area contributed by atoms with E-state index in [2.05, 4.69) is 67.8 Å². The van der Waals surface area contributed by atoms with Crippen LogP contribution >= 0.6 is 0 Å². The van der Waals surface area contributed by atoms with E-state index in [9.17, 15) is 0 Å². The van der Waals surface area contributed by atoms with Crippen LogP contribution in [-0.4, -0.2) is 9.55 Å². The Hall–Kier alpha value is -2.39. The molecule has 0 saturated carbocycles. The topological polar surface area (TPSA) is 27.1 Å². The van der Waals surface area contributed by atoms with Gasteiger partial charge in [0, 0.05) is 12.1 Å². The first-order valence-corrected chi connectivity index (χ1v) is 8.86. The zero-order valence-corrected chi connectivity index (χ0v) is 15.3. The van der Waals surface area contributed by atoms with Crippen LogP contribution in [0.3, 0.4) is 0 Å². The van der Waals surface area contributed by atoms with Gasteiger partial charge in [-0.1, -0.05) is 74.5 Å². The molecule has 0 unspecified atom stereocenters. The van der Waals surface area contributed by atoms with Crippen molar-refractivity contribution in [3.05, 3.63) is 89.0 Å². The number of hydrogen-bond acceptors (Lipinski definition) is 2. The van der Waals surface area contributed by atoms with E-state index in [-0.39, 0.29) is 0 Å². The van der Waals surface area contributed by atoms with E-state index in [1.54, 1.807) is 0 Å². The molecule has 0 aliphatic rings. The van der Waals surface area contributed by atoms with Crippen LogP contribution < -0.4 is 0 Å². The fourth-order valence-electron chi connectivity index (χ4n) is 3.07. The Morgan fingerprint density at radius 2 is 1.52 bits per heavy atom. The highest BCUT2D eigenvalue weighted by molar-refractivity contribution is 5.28. The third-order valence-electron chi connectivity index (χ3n) is 4.39. The summed E-state index contributed by atoms with van der Waals surface area (Å²) in [6.07, 6.45) is 0.879. The lowest BCUT2D eigenvalue weighted by molar-refractivity contribution is 0.0611. The van der Waals surface area contributed by atoms with Crippen LogP contribution in [0, 0.1) is 6.92 Å². The SMILES string of the molecule is Cc1nc(C(C)C)c(Cc2ccccc2)n1COCc1ccccc1. The van der Waals surface area contributed by atoms with Crippen molar-refractivity contribution in [2.45, 2.75) is 46.4 Å². The first kappa shape index (κ1) is 17.4. The second-order valence-electron chi connectivity index (χ2n) is 6.70. The molecule has 25 heavy (non-hydrogen) atoms. The largest absolute Gasteiger partial charge is 0.356 e. The summed E-state index contributed by atoms with van der Waals surface area (Å²) in [6, 6.07) is 20.8. The minimum atomic E-state index is 0.396. The van der Waals surface area contributed by atoms with E-state index in [0.717, 1.165) is 12.2 Å². The van der Waals surface area contributed by atoms with Crippen molar-refractivity contribution in [3.8, 4) is 0 Å². The molecular weight excluding hydrogens is 308 g/mol. The summed E-state index contributed by atoms with van der Waals surface area (Å²) in [5.41, 5.74) is 4.92. The fraction of sp³-hybridized carbons (Fsp3) is 0.318. The molecule has 0 fully saturated rings. The summed E-state index contributed by atoms with van der Waals surface area (Å²) in [5.74, 6) is 1.41. The maximum Gasteiger partial charge on any atom is 0.124 e. The van der Waals surface area contributed by atoms with Crippen LogP contribution in [0.15, 0.2) is 60.7 Å². The van der Waals surface area contributed by atoms with Crippen molar-refractivity contribution in [2.24, 2.45) is 0 Å². The molecule has 0 aliphatic carbocycles. The Labute approximate surface area is 150 Å². The van der Waals surface area contributed by atoms with Crippen LogP contribution in [0.4, 0.5) is 0 Å². The number of aryl methyl sites for hydroxylation is 1. The Bertz CT molecular complexity index is 792. The lowest BCUT2D eigenvalue weighted by Gasteiger charge is -2.13. The standard InChI is InChI=1S/C22H26N2O/c1-17(2)22-21(14-19-10-6-4-7-11-19)24(18(3)23-22)16-25-15-20-12-8-5-9-13-20/h4-13,17H,14-16H2,1-3H3. The molecule has 0 atom stereocenters. The van der Waals surface area contributed by atoms with Gasteiger partial charge in [-0.05, 0) is 24.0 Å². The Balaban J connectivity index is 1.79. The molecule has 1 heterocycles. The molecule has 0 spiro atoms. The first-order valence-electron chi connectivity index (χ1n) is 8.86. The zero-order chi connectivity index (χ0) is 17.6. The molecule has 0 N–H and O–H groups in total. The van der Waals surface area contributed by atoms with Gasteiger partial charge < -0.3 is 9.30 Å². The minimum Gasteiger partial charge on any atom is -0.356 e. The van der Waals surface area contributed by atoms with Crippen molar-refractivity contribution in [2.75, 3.05) is 0 Å². The van der Waals surface area contributed by atoms with E-state index >= 15 is 0 Å². The predicted octanol–water partition coefficient (Wildman–Crippen LogP) is 5.08. The Morgan fingerprint density at radius 3 is 2.12 bits per heavy atom. The molecule has 0 radical (unpaired) electrons. The van der Waals surface area contributed by atoms with E-state index < -0.39 is 0 Å². The monoisotopic (exact) mass is 334 g/mol. The summed E-state index contributed by atoms with van der Waals surface area (Å²) >= 11 is 0. The molecule has 3 aromatic rings. The molecule has 3 nitrogen and oxygen atoms in total. The van der Waals surface area contributed by atoms with Gasteiger partial charge in [0.05, 0.1) is 12.3 Å². The minimum absolute atomic E-state index is 0.396. The van der Waals surface area contributed by atoms with Crippen LogP contribution in [0.25, 0.3) is 0 Å². The number of rotatable bonds is 7. The molecular formula is C22H26N2O. The lowest BCUT2D eigenvalue weighted by atomic mass is 10.0. The van der Waals surface area contributed by atoms with Crippen molar-refractivity contribution in [1.82, 2.24) is 9.55 Å². The quantitative estimate of drug-likeness (QED) is 0.602. The average molecular weight is 334 g/mol. The Kier molecular flexibility index (Phi) is 5.67. The number of nitrogens with zero attached hydrogens (tertiary/aromatic N) is 2. The molecule has 2 aromatic carbocycles. The predicted molar refractivity (Wildman–Crippen MR) is 102 cm³/mol. The smallest absolute Gasteiger partial charge is 0.124 e. The zero-order valence-electron chi connectivity index (χ0n) is 15.3. The van der Waals surface area contributed by atoms with Crippen molar-refractivity contribution < 1.29 is 4.74 Å². The molecule has 3 heteroatoms. The summed E-state index contributed by atoms with van der Waals surface area (Å²) in [5, 5.41) is 0. The molecule has 3 rings (SSSR count). The van der Waals surface area contributed by atoms with Crippen molar-refractivity contribution in [3.63, 3.8) is 0 Å².